The van der Waals surface area contributed by atoms with Crippen molar-refractivity contribution >= 4 is 35.1 Å². The summed E-state index contributed by atoms with van der Waals surface area (Å²) in [6, 6.07) is 6.73. The standard InChI is InChI=1S/C17H14ClNO4/c1-10-4-7-13(18)14-15(10)19-16(21)17(14,22)9-11(20)5-6-12-3-2-8-23-12/h2-8,22H,9H2,1H3,(H,19,21)/b6-5+/t17-/m0/s1. The monoisotopic (exact) mass is 331 g/mol. The second-order valence-corrected chi connectivity index (χ2v) is 5.83. The first kappa shape index (κ1) is 15.5. The minimum Gasteiger partial charge on any atom is -0.465 e. The van der Waals surface area contributed by atoms with Crippen LogP contribution in [0.25, 0.3) is 6.08 Å². The second-order valence-electron chi connectivity index (χ2n) is 5.42. The highest BCUT2D eigenvalue weighted by atomic mass is 35.5. The van der Waals surface area contributed by atoms with Crippen LogP contribution in [0.5, 0.6) is 0 Å². The zero-order chi connectivity index (χ0) is 16.6. The fourth-order valence-corrected chi connectivity index (χ4v) is 2.93. The summed E-state index contributed by atoms with van der Waals surface area (Å²) in [7, 11) is 0. The molecule has 0 fully saturated rings. The molecule has 0 saturated carbocycles. The van der Waals surface area contributed by atoms with Crippen molar-refractivity contribution in [3.8, 4) is 0 Å². The Hall–Kier alpha value is -2.37. The quantitative estimate of drug-likeness (QED) is 0.844. The van der Waals surface area contributed by atoms with E-state index in [0.29, 0.717) is 11.4 Å². The van der Waals surface area contributed by atoms with Gasteiger partial charge in [-0.1, -0.05) is 17.7 Å². The zero-order valence-electron chi connectivity index (χ0n) is 12.3. The molecule has 23 heavy (non-hydrogen) atoms. The molecule has 6 heteroatoms. The van der Waals surface area contributed by atoms with Crippen molar-refractivity contribution in [2.24, 2.45) is 0 Å². The number of aliphatic hydroxyl groups is 1. The number of fused-ring (bicyclic) bond motifs is 1. The topological polar surface area (TPSA) is 79.5 Å². The molecule has 1 aromatic heterocycles. The molecule has 118 valence electrons. The lowest BCUT2D eigenvalue weighted by molar-refractivity contribution is -0.138. The van der Waals surface area contributed by atoms with Gasteiger partial charge in [-0.05, 0) is 42.8 Å². The molecule has 3 rings (SSSR count). The molecule has 0 unspecified atom stereocenters. The highest BCUT2D eigenvalue weighted by Gasteiger charge is 2.48. The van der Waals surface area contributed by atoms with E-state index in [4.69, 9.17) is 16.0 Å². The lowest BCUT2D eigenvalue weighted by Gasteiger charge is -2.20. The first-order chi connectivity index (χ1) is 10.9. The average molecular weight is 332 g/mol. The van der Waals surface area contributed by atoms with Crippen LogP contribution in [0.3, 0.4) is 0 Å². The molecule has 2 aromatic rings. The Balaban J connectivity index is 1.90. The molecule has 0 aliphatic carbocycles. The largest absolute Gasteiger partial charge is 0.465 e. The number of hydrogen-bond acceptors (Lipinski definition) is 4. The fraction of sp³-hybridized carbons (Fsp3) is 0.176. The van der Waals surface area contributed by atoms with Crippen LogP contribution < -0.4 is 5.32 Å². The van der Waals surface area contributed by atoms with Crippen LogP contribution in [0.4, 0.5) is 5.69 Å². The lowest BCUT2D eigenvalue weighted by atomic mass is 9.89. The van der Waals surface area contributed by atoms with E-state index in [9.17, 15) is 14.7 Å². The molecule has 0 spiro atoms. The summed E-state index contributed by atoms with van der Waals surface area (Å²) in [6.07, 6.45) is 3.84. The number of ketones is 1. The number of allylic oxidation sites excluding steroid dienone is 1. The second kappa shape index (κ2) is 5.68. The number of carbonyl (C=O) groups excluding carboxylic acids is 2. The third-order valence-electron chi connectivity index (χ3n) is 3.80. The fourth-order valence-electron chi connectivity index (χ4n) is 2.62. The van der Waals surface area contributed by atoms with Gasteiger partial charge in [-0.2, -0.15) is 0 Å². The Morgan fingerprint density at radius 1 is 1.43 bits per heavy atom. The number of amides is 1. The zero-order valence-corrected chi connectivity index (χ0v) is 13.1. The SMILES string of the molecule is Cc1ccc(Cl)c2c1NC(=O)[C@]2(O)CC(=O)/C=C/c1ccco1. The Labute approximate surface area is 137 Å². The van der Waals surface area contributed by atoms with Gasteiger partial charge in [-0.3, -0.25) is 9.59 Å². The number of aryl methyl sites for hydroxylation is 1. The van der Waals surface area contributed by atoms with E-state index in [2.05, 4.69) is 5.32 Å². The summed E-state index contributed by atoms with van der Waals surface area (Å²) >= 11 is 6.14. The molecule has 0 saturated heterocycles. The van der Waals surface area contributed by atoms with Crippen molar-refractivity contribution < 1.29 is 19.1 Å². The highest BCUT2D eigenvalue weighted by Crippen LogP contribution is 2.44. The molecule has 2 heterocycles. The van der Waals surface area contributed by atoms with Gasteiger partial charge in [0.2, 0.25) is 0 Å². The molecule has 1 aromatic carbocycles. The van der Waals surface area contributed by atoms with E-state index in [-0.39, 0.29) is 10.6 Å². The van der Waals surface area contributed by atoms with E-state index >= 15 is 0 Å². The van der Waals surface area contributed by atoms with Crippen molar-refractivity contribution in [2.75, 3.05) is 5.32 Å². The first-order valence-corrected chi connectivity index (χ1v) is 7.37. The van der Waals surface area contributed by atoms with Crippen molar-refractivity contribution in [3.63, 3.8) is 0 Å². The van der Waals surface area contributed by atoms with Gasteiger partial charge >= 0.3 is 0 Å². The van der Waals surface area contributed by atoms with E-state index in [1.54, 1.807) is 31.2 Å². The predicted molar refractivity (Wildman–Crippen MR) is 86.1 cm³/mol. The maximum atomic E-state index is 12.2. The summed E-state index contributed by atoms with van der Waals surface area (Å²) in [5.74, 6) is -0.552. The van der Waals surface area contributed by atoms with Crippen molar-refractivity contribution in [1.82, 2.24) is 0 Å². The van der Waals surface area contributed by atoms with Gasteiger partial charge in [0.15, 0.2) is 11.4 Å². The summed E-state index contributed by atoms with van der Waals surface area (Å²) < 4.78 is 5.09. The molecular formula is C17H14ClNO4. The molecule has 1 aliphatic rings. The average Bonchev–Trinajstić information content (AvgIpc) is 3.09. The Morgan fingerprint density at radius 3 is 2.91 bits per heavy atom. The van der Waals surface area contributed by atoms with Gasteiger partial charge in [-0.15, -0.1) is 0 Å². The van der Waals surface area contributed by atoms with Crippen LogP contribution >= 0.6 is 11.6 Å². The van der Waals surface area contributed by atoms with Gasteiger partial charge in [-0.25, -0.2) is 0 Å². The number of benzene rings is 1. The third-order valence-corrected chi connectivity index (χ3v) is 4.11. The number of rotatable bonds is 4. The Bertz CT molecular complexity index is 810. The summed E-state index contributed by atoms with van der Waals surface area (Å²) in [5, 5.41) is 13.6. The van der Waals surface area contributed by atoms with Gasteiger partial charge in [0.1, 0.15) is 5.76 Å². The van der Waals surface area contributed by atoms with E-state index < -0.39 is 23.7 Å². The molecule has 0 radical (unpaired) electrons. The van der Waals surface area contributed by atoms with Gasteiger partial charge in [0.05, 0.1) is 18.4 Å². The Kier molecular flexibility index (Phi) is 3.83. The normalized spacial score (nSPS) is 19.9. The van der Waals surface area contributed by atoms with Crippen LogP contribution in [-0.2, 0) is 15.2 Å². The smallest absolute Gasteiger partial charge is 0.261 e. The summed E-state index contributed by atoms with van der Waals surface area (Å²) in [6.45, 7) is 1.79. The number of nitrogens with one attached hydrogen (secondary N) is 1. The van der Waals surface area contributed by atoms with Crippen molar-refractivity contribution in [1.29, 1.82) is 0 Å². The summed E-state index contributed by atoms with van der Waals surface area (Å²) in [4.78, 5) is 24.4. The maximum Gasteiger partial charge on any atom is 0.261 e. The number of hydrogen-bond donors (Lipinski definition) is 2. The molecular weight excluding hydrogens is 318 g/mol. The van der Waals surface area contributed by atoms with Crippen LogP contribution in [0.1, 0.15) is 23.3 Å². The van der Waals surface area contributed by atoms with E-state index in [1.807, 2.05) is 0 Å². The van der Waals surface area contributed by atoms with Gasteiger partial charge < -0.3 is 14.8 Å². The maximum absolute atomic E-state index is 12.2. The Morgan fingerprint density at radius 2 is 2.22 bits per heavy atom. The van der Waals surface area contributed by atoms with Crippen molar-refractivity contribution in [3.05, 3.63) is 58.5 Å². The molecule has 0 bridgehead atoms. The molecule has 1 amide bonds. The van der Waals surface area contributed by atoms with E-state index in [1.165, 1.54) is 18.4 Å². The number of anilines is 1. The number of furan rings is 1. The minimum absolute atomic E-state index is 0.245. The molecule has 5 nitrogen and oxygen atoms in total. The third kappa shape index (κ3) is 2.69. The lowest BCUT2D eigenvalue weighted by Crippen LogP contribution is -2.36. The first-order valence-electron chi connectivity index (χ1n) is 6.99. The van der Waals surface area contributed by atoms with Gasteiger partial charge in [0, 0.05) is 10.6 Å². The molecule has 1 atom stereocenters. The van der Waals surface area contributed by atoms with Gasteiger partial charge in [0.25, 0.3) is 5.91 Å². The highest BCUT2D eigenvalue weighted by molar-refractivity contribution is 6.33. The van der Waals surface area contributed by atoms with E-state index in [0.717, 1.165) is 5.56 Å². The van der Waals surface area contributed by atoms with Crippen LogP contribution in [-0.4, -0.2) is 16.8 Å². The molecule has 1 aliphatic heterocycles. The predicted octanol–water partition coefficient (Wildman–Crippen LogP) is 3.05. The van der Waals surface area contributed by atoms with Crippen LogP contribution in [0.15, 0.2) is 41.0 Å². The number of halogens is 1. The van der Waals surface area contributed by atoms with Crippen molar-refractivity contribution in [2.45, 2.75) is 18.9 Å². The number of carbonyl (C=O) groups is 2. The summed E-state index contributed by atoms with van der Waals surface area (Å²) in [5.41, 5.74) is -0.479. The van der Waals surface area contributed by atoms with Crippen LogP contribution in [0, 0.1) is 6.92 Å². The minimum atomic E-state index is -1.97. The van der Waals surface area contributed by atoms with Crippen LogP contribution in [0.2, 0.25) is 5.02 Å². The molecule has 2 N–H and O–H groups in total.